The van der Waals surface area contributed by atoms with E-state index in [9.17, 15) is 5.11 Å². The molecule has 1 aliphatic rings. The van der Waals surface area contributed by atoms with Gasteiger partial charge in [-0.15, -0.1) is 0 Å². The predicted octanol–water partition coefficient (Wildman–Crippen LogP) is 1.61. The monoisotopic (exact) mass is 248 g/mol. The summed E-state index contributed by atoms with van der Waals surface area (Å²) in [5.74, 6) is 0.369. The van der Waals surface area contributed by atoms with Gasteiger partial charge in [-0.2, -0.15) is 0 Å². The van der Waals surface area contributed by atoms with Crippen LogP contribution in [0, 0.1) is 5.92 Å². The summed E-state index contributed by atoms with van der Waals surface area (Å²) >= 11 is 0. The maximum Gasteiger partial charge on any atom is 0.0596 e. The zero-order valence-electron chi connectivity index (χ0n) is 11.6. The van der Waals surface area contributed by atoms with Crippen LogP contribution in [0.4, 0.5) is 5.69 Å². The number of benzene rings is 1. The Kier molecular flexibility index (Phi) is 4.25. The Hall–Kier alpha value is -1.06. The molecule has 0 spiro atoms. The Balaban J connectivity index is 1.99. The molecule has 100 valence electrons. The Morgan fingerprint density at radius 1 is 1.28 bits per heavy atom. The summed E-state index contributed by atoms with van der Waals surface area (Å²) in [6.07, 6.45) is 1.73. The fraction of sp³-hybridized carbons (Fsp3) is 0.600. The number of piperidine rings is 1. The van der Waals surface area contributed by atoms with Crippen molar-refractivity contribution in [3.63, 3.8) is 0 Å². The van der Waals surface area contributed by atoms with E-state index in [2.05, 4.69) is 55.2 Å². The molecule has 2 rings (SSSR count). The maximum atomic E-state index is 10.1. The number of likely N-dealkylation sites (tertiary alicyclic amines) is 1. The van der Waals surface area contributed by atoms with E-state index in [-0.39, 0.29) is 6.10 Å². The first-order valence-corrected chi connectivity index (χ1v) is 6.69. The molecule has 1 N–H and O–H groups in total. The van der Waals surface area contributed by atoms with E-state index >= 15 is 0 Å². The molecular formula is C15H24N2O. The average Bonchev–Trinajstić information content (AvgIpc) is 2.34. The van der Waals surface area contributed by atoms with Gasteiger partial charge in [0, 0.05) is 38.8 Å². The van der Waals surface area contributed by atoms with Crippen LogP contribution >= 0.6 is 0 Å². The summed E-state index contributed by atoms with van der Waals surface area (Å²) in [7, 11) is 6.23. The first-order valence-electron chi connectivity index (χ1n) is 6.69. The Morgan fingerprint density at radius 2 is 1.94 bits per heavy atom. The summed E-state index contributed by atoms with van der Waals surface area (Å²) in [5.41, 5.74) is 2.54. The first-order chi connectivity index (χ1) is 8.56. The molecule has 18 heavy (non-hydrogen) atoms. The zero-order valence-corrected chi connectivity index (χ0v) is 11.6. The first kappa shape index (κ1) is 13.4. The van der Waals surface area contributed by atoms with Gasteiger partial charge < -0.3 is 14.9 Å². The van der Waals surface area contributed by atoms with Crippen molar-refractivity contribution < 1.29 is 5.11 Å². The van der Waals surface area contributed by atoms with E-state index in [0.29, 0.717) is 5.92 Å². The number of hydrogen-bond acceptors (Lipinski definition) is 3. The third-order valence-electron chi connectivity index (χ3n) is 3.85. The molecule has 0 amide bonds. The molecule has 0 bridgehead atoms. The highest BCUT2D eigenvalue weighted by Crippen LogP contribution is 2.22. The second kappa shape index (κ2) is 5.72. The maximum absolute atomic E-state index is 10.1. The minimum Gasteiger partial charge on any atom is -0.393 e. The molecule has 3 heteroatoms. The van der Waals surface area contributed by atoms with Crippen LogP contribution in [0.1, 0.15) is 12.0 Å². The van der Waals surface area contributed by atoms with Gasteiger partial charge in [0.15, 0.2) is 0 Å². The van der Waals surface area contributed by atoms with Crippen LogP contribution in [0.5, 0.6) is 0 Å². The van der Waals surface area contributed by atoms with E-state index in [0.717, 1.165) is 25.9 Å². The van der Waals surface area contributed by atoms with Gasteiger partial charge in [0.05, 0.1) is 6.10 Å². The predicted molar refractivity (Wildman–Crippen MR) is 76.1 cm³/mol. The van der Waals surface area contributed by atoms with Crippen molar-refractivity contribution in [2.75, 3.05) is 39.1 Å². The second-order valence-corrected chi connectivity index (χ2v) is 5.64. The normalized spacial score (nSPS) is 25.1. The van der Waals surface area contributed by atoms with Crippen LogP contribution in [-0.4, -0.2) is 50.3 Å². The summed E-state index contributed by atoms with van der Waals surface area (Å²) in [4.78, 5) is 4.42. The van der Waals surface area contributed by atoms with Crippen LogP contribution in [0.2, 0.25) is 0 Å². The smallest absolute Gasteiger partial charge is 0.0596 e. The second-order valence-electron chi connectivity index (χ2n) is 5.64. The van der Waals surface area contributed by atoms with Gasteiger partial charge in [-0.25, -0.2) is 0 Å². The average molecular weight is 248 g/mol. The van der Waals surface area contributed by atoms with Crippen molar-refractivity contribution in [2.45, 2.75) is 18.9 Å². The molecule has 1 aromatic carbocycles. The standard InChI is InChI=1S/C15H24N2O/c1-16(2)14-6-4-12(5-7-14)10-13-11-17(3)9-8-15(13)18/h4-7,13,15,18H,8-11H2,1-3H3. The number of nitrogens with zero attached hydrogens (tertiary/aromatic N) is 2. The molecule has 1 saturated heterocycles. The van der Waals surface area contributed by atoms with E-state index < -0.39 is 0 Å². The SMILES string of the molecule is CN1CCC(O)C(Cc2ccc(N(C)C)cc2)C1. The number of aliphatic hydroxyl groups excluding tert-OH is 1. The van der Waals surface area contributed by atoms with E-state index in [4.69, 9.17) is 0 Å². The number of aliphatic hydroxyl groups is 1. The molecule has 0 aromatic heterocycles. The number of hydrogen-bond donors (Lipinski definition) is 1. The van der Waals surface area contributed by atoms with Crippen LogP contribution in [-0.2, 0) is 6.42 Å². The lowest BCUT2D eigenvalue weighted by Gasteiger charge is -2.34. The van der Waals surface area contributed by atoms with Gasteiger partial charge in [-0.05, 0) is 37.6 Å². The molecule has 0 saturated carbocycles. The van der Waals surface area contributed by atoms with Gasteiger partial charge >= 0.3 is 0 Å². The minimum absolute atomic E-state index is 0.144. The fourth-order valence-electron chi connectivity index (χ4n) is 2.64. The molecule has 1 aromatic rings. The number of anilines is 1. The Labute approximate surface area is 110 Å². The molecular weight excluding hydrogens is 224 g/mol. The molecule has 3 nitrogen and oxygen atoms in total. The van der Waals surface area contributed by atoms with Gasteiger partial charge in [0.25, 0.3) is 0 Å². The summed E-state index contributed by atoms with van der Waals surface area (Å²) < 4.78 is 0. The lowest BCUT2D eigenvalue weighted by Crippen LogP contribution is -2.41. The van der Waals surface area contributed by atoms with Crippen LogP contribution in [0.3, 0.4) is 0 Å². The van der Waals surface area contributed by atoms with Gasteiger partial charge in [0.1, 0.15) is 0 Å². The topological polar surface area (TPSA) is 26.7 Å². The molecule has 1 fully saturated rings. The molecule has 1 aliphatic heterocycles. The lowest BCUT2D eigenvalue weighted by molar-refractivity contribution is 0.0366. The van der Waals surface area contributed by atoms with Crippen molar-refractivity contribution in [3.8, 4) is 0 Å². The van der Waals surface area contributed by atoms with Crippen LogP contribution < -0.4 is 4.90 Å². The largest absolute Gasteiger partial charge is 0.393 e. The quantitative estimate of drug-likeness (QED) is 0.880. The van der Waals surface area contributed by atoms with Gasteiger partial charge in [-0.3, -0.25) is 0 Å². The van der Waals surface area contributed by atoms with Crippen molar-refractivity contribution in [2.24, 2.45) is 5.92 Å². The van der Waals surface area contributed by atoms with E-state index in [1.54, 1.807) is 0 Å². The minimum atomic E-state index is -0.144. The highest BCUT2D eigenvalue weighted by atomic mass is 16.3. The van der Waals surface area contributed by atoms with Gasteiger partial charge in [0.2, 0.25) is 0 Å². The summed E-state index contributed by atoms with van der Waals surface area (Å²) in [5, 5.41) is 10.1. The summed E-state index contributed by atoms with van der Waals surface area (Å²) in [6, 6.07) is 8.65. The van der Waals surface area contributed by atoms with Crippen LogP contribution in [0.25, 0.3) is 0 Å². The van der Waals surface area contributed by atoms with Crippen LogP contribution in [0.15, 0.2) is 24.3 Å². The fourth-order valence-corrected chi connectivity index (χ4v) is 2.64. The third kappa shape index (κ3) is 3.24. The highest BCUT2D eigenvalue weighted by Gasteiger charge is 2.25. The lowest BCUT2D eigenvalue weighted by atomic mass is 9.89. The molecule has 0 aliphatic carbocycles. The van der Waals surface area contributed by atoms with Crippen molar-refractivity contribution >= 4 is 5.69 Å². The van der Waals surface area contributed by atoms with Crippen molar-refractivity contribution in [1.82, 2.24) is 4.90 Å². The van der Waals surface area contributed by atoms with Crippen molar-refractivity contribution in [1.29, 1.82) is 0 Å². The number of rotatable bonds is 3. The molecule has 0 radical (unpaired) electrons. The third-order valence-corrected chi connectivity index (χ3v) is 3.85. The zero-order chi connectivity index (χ0) is 13.1. The van der Waals surface area contributed by atoms with Gasteiger partial charge in [-0.1, -0.05) is 12.1 Å². The molecule has 1 heterocycles. The Bertz CT molecular complexity index is 375. The van der Waals surface area contributed by atoms with E-state index in [1.165, 1.54) is 11.3 Å². The van der Waals surface area contributed by atoms with Crippen molar-refractivity contribution in [3.05, 3.63) is 29.8 Å². The van der Waals surface area contributed by atoms with E-state index in [1.807, 2.05) is 0 Å². The molecule has 2 atom stereocenters. The Morgan fingerprint density at radius 3 is 2.56 bits per heavy atom. The highest BCUT2D eigenvalue weighted by molar-refractivity contribution is 5.46. The molecule has 2 unspecified atom stereocenters. The summed E-state index contributed by atoms with van der Waals surface area (Å²) in [6.45, 7) is 2.01.